The van der Waals surface area contributed by atoms with Crippen molar-refractivity contribution in [2.45, 2.75) is 52.3 Å². The number of alkyl carbamates (subject to hydrolysis) is 1. The van der Waals surface area contributed by atoms with Crippen molar-refractivity contribution < 1.29 is 33.2 Å². The van der Waals surface area contributed by atoms with Gasteiger partial charge < -0.3 is 29.8 Å². The molecular formula is C22H28FN5O7. The van der Waals surface area contributed by atoms with Gasteiger partial charge in [-0.3, -0.25) is 9.18 Å². The molecule has 2 amide bonds. The van der Waals surface area contributed by atoms with E-state index in [-0.39, 0.29) is 18.7 Å². The number of halogens is 1. The van der Waals surface area contributed by atoms with Crippen molar-refractivity contribution in [2.75, 3.05) is 18.1 Å². The van der Waals surface area contributed by atoms with E-state index in [9.17, 15) is 28.9 Å². The number of ether oxygens (including phenoxy) is 2. The first-order valence-electron chi connectivity index (χ1n) is 10.7. The Morgan fingerprint density at radius 3 is 2.66 bits per heavy atom. The Hall–Kier alpha value is -4.03. The Labute approximate surface area is 201 Å². The van der Waals surface area contributed by atoms with Crippen LogP contribution in [0.4, 0.5) is 20.8 Å². The van der Waals surface area contributed by atoms with Gasteiger partial charge in [-0.05, 0) is 51.2 Å². The largest absolute Gasteiger partial charge is 0.444 e. The van der Waals surface area contributed by atoms with E-state index in [4.69, 9.17) is 9.47 Å². The normalized spacial score (nSPS) is 11.9. The molecule has 12 nitrogen and oxygen atoms in total. The van der Waals surface area contributed by atoms with Gasteiger partial charge in [0, 0.05) is 18.3 Å². The number of benzene rings is 1. The summed E-state index contributed by atoms with van der Waals surface area (Å²) in [5, 5.41) is 13.5. The zero-order valence-electron chi connectivity index (χ0n) is 19.9. The lowest BCUT2D eigenvalue weighted by molar-refractivity contribution is -0.396. The van der Waals surface area contributed by atoms with Crippen LogP contribution in [0.1, 0.15) is 34.1 Å². The first-order valence-corrected chi connectivity index (χ1v) is 10.7. The molecule has 0 spiro atoms. The Morgan fingerprint density at radius 1 is 1.31 bits per heavy atom. The highest BCUT2D eigenvalue weighted by atomic mass is 19.1. The minimum absolute atomic E-state index is 0.00811. The Morgan fingerprint density at radius 2 is 2.03 bits per heavy atom. The van der Waals surface area contributed by atoms with Crippen molar-refractivity contribution >= 4 is 29.6 Å². The van der Waals surface area contributed by atoms with Crippen LogP contribution in [0.15, 0.2) is 36.7 Å². The molecule has 0 unspecified atom stereocenters. The van der Waals surface area contributed by atoms with Crippen molar-refractivity contribution in [1.29, 1.82) is 0 Å². The summed E-state index contributed by atoms with van der Waals surface area (Å²) in [7, 11) is 0. The van der Waals surface area contributed by atoms with E-state index in [1.54, 1.807) is 26.8 Å². The number of hydrogen-bond donors (Lipinski definition) is 1. The lowest BCUT2D eigenvalue weighted by Gasteiger charge is -2.23. The van der Waals surface area contributed by atoms with E-state index in [1.807, 2.05) is 0 Å². The fraction of sp³-hybridized carbons (Fsp3) is 0.455. The lowest BCUT2D eigenvalue weighted by atomic mass is 10.2. The number of alkyl halides is 1. The van der Waals surface area contributed by atoms with Crippen LogP contribution in [0.2, 0.25) is 0 Å². The summed E-state index contributed by atoms with van der Waals surface area (Å²) in [6.45, 7) is 5.38. The average Bonchev–Trinajstić information content (AvgIpc) is 3.21. The molecule has 0 aliphatic rings. The van der Waals surface area contributed by atoms with E-state index in [2.05, 4.69) is 10.3 Å². The highest BCUT2D eigenvalue weighted by molar-refractivity contribution is 5.93. The summed E-state index contributed by atoms with van der Waals surface area (Å²) in [6.07, 6.45) is 1.73. The van der Waals surface area contributed by atoms with E-state index >= 15 is 0 Å². The third-order valence-electron chi connectivity index (χ3n) is 4.41. The number of amides is 2. The van der Waals surface area contributed by atoms with Gasteiger partial charge in [0.1, 0.15) is 29.8 Å². The van der Waals surface area contributed by atoms with E-state index in [0.717, 1.165) is 4.57 Å². The number of anilines is 1. The number of imidazole rings is 1. The molecule has 2 aromatic rings. The molecule has 0 radical (unpaired) electrons. The summed E-state index contributed by atoms with van der Waals surface area (Å²) in [5.74, 6) is -1.75. The number of esters is 1. The molecule has 0 aliphatic carbocycles. The molecule has 35 heavy (non-hydrogen) atoms. The maximum atomic E-state index is 12.9. The Balaban J connectivity index is 2.14. The van der Waals surface area contributed by atoms with Crippen molar-refractivity contribution in [3.8, 4) is 5.75 Å². The van der Waals surface area contributed by atoms with Crippen molar-refractivity contribution in [1.82, 2.24) is 14.9 Å². The number of hydrogen-bond acceptors (Lipinski definition) is 8. The molecule has 1 aromatic heterocycles. The van der Waals surface area contributed by atoms with Crippen molar-refractivity contribution in [3.63, 3.8) is 0 Å². The molecule has 0 saturated carbocycles. The van der Waals surface area contributed by atoms with Crippen molar-refractivity contribution in [3.05, 3.63) is 46.8 Å². The van der Waals surface area contributed by atoms with E-state index < -0.39 is 53.7 Å². The third-order valence-corrected chi connectivity index (χ3v) is 4.41. The Kier molecular flexibility index (Phi) is 9.26. The molecule has 190 valence electrons. The molecule has 1 heterocycles. The molecule has 1 atom stereocenters. The van der Waals surface area contributed by atoms with Gasteiger partial charge >= 0.3 is 18.0 Å². The van der Waals surface area contributed by atoms with Gasteiger partial charge in [-0.1, -0.05) is 11.1 Å². The van der Waals surface area contributed by atoms with Crippen LogP contribution in [0.3, 0.4) is 0 Å². The van der Waals surface area contributed by atoms with Crippen LogP contribution in [0.25, 0.3) is 0 Å². The summed E-state index contributed by atoms with van der Waals surface area (Å²) in [6, 6.07) is 4.92. The smallest absolute Gasteiger partial charge is 0.435 e. The summed E-state index contributed by atoms with van der Waals surface area (Å²) < 4.78 is 24.4. The van der Waals surface area contributed by atoms with Crippen LogP contribution in [0.5, 0.6) is 5.75 Å². The molecule has 0 fully saturated rings. The maximum Gasteiger partial charge on any atom is 0.435 e. The molecule has 2 rings (SSSR count). The number of aromatic nitrogens is 2. The molecule has 1 N–H and O–H groups in total. The van der Waals surface area contributed by atoms with Crippen LogP contribution < -0.4 is 15.0 Å². The zero-order chi connectivity index (χ0) is 26.2. The fourth-order valence-electron chi connectivity index (χ4n) is 2.91. The predicted octanol–water partition coefficient (Wildman–Crippen LogP) is 3.00. The van der Waals surface area contributed by atoms with Crippen LogP contribution in [0, 0.1) is 10.1 Å². The zero-order valence-corrected chi connectivity index (χ0v) is 19.9. The highest BCUT2D eigenvalue weighted by Gasteiger charge is 2.24. The molecule has 0 aliphatic heterocycles. The monoisotopic (exact) mass is 493 g/mol. The van der Waals surface area contributed by atoms with Crippen LogP contribution in [-0.4, -0.2) is 57.3 Å². The highest BCUT2D eigenvalue weighted by Crippen LogP contribution is 2.23. The molecule has 0 bridgehead atoms. The van der Waals surface area contributed by atoms with Gasteiger partial charge in [0.15, 0.2) is 6.54 Å². The van der Waals surface area contributed by atoms with Crippen LogP contribution in [-0.2, 0) is 20.9 Å². The van der Waals surface area contributed by atoms with Gasteiger partial charge in [0.2, 0.25) is 0 Å². The molecule has 0 saturated heterocycles. The van der Waals surface area contributed by atoms with Crippen LogP contribution >= 0.6 is 0 Å². The van der Waals surface area contributed by atoms with Gasteiger partial charge in [-0.15, -0.1) is 0 Å². The fourth-order valence-corrected chi connectivity index (χ4v) is 2.91. The first-order chi connectivity index (χ1) is 16.4. The maximum absolute atomic E-state index is 12.9. The second kappa shape index (κ2) is 11.9. The predicted molar refractivity (Wildman–Crippen MR) is 123 cm³/mol. The van der Waals surface area contributed by atoms with Gasteiger partial charge in [0.25, 0.3) is 5.91 Å². The molecule has 1 aromatic carbocycles. The standard InChI is InChI=1S/C22H28FN5O7/c1-15(25-21(31)35-22(2,3)4)19(30)34-17-8-5-7-16(13-17)27(11-6-9-23)18(29)14-26-12-10-24-20(26)28(32)33/h5,7-8,10,12-13,15H,6,9,11,14H2,1-4H3,(H,25,31)/t15-/m0/s1. The number of nitrogens with one attached hydrogen (secondary N) is 1. The minimum Gasteiger partial charge on any atom is -0.444 e. The number of carbonyl (C=O) groups is 3. The summed E-state index contributed by atoms with van der Waals surface area (Å²) in [4.78, 5) is 52.4. The third kappa shape index (κ3) is 8.36. The summed E-state index contributed by atoms with van der Waals surface area (Å²) >= 11 is 0. The number of rotatable bonds is 10. The minimum atomic E-state index is -1.03. The topological polar surface area (TPSA) is 146 Å². The SMILES string of the molecule is C[C@H](NC(=O)OC(C)(C)C)C(=O)Oc1cccc(N(CCCF)C(=O)Cn2ccnc2[N+](=O)[O-])c1. The number of nitro groups is 1. The number of nitrogens with zero attached hydrogens (tertiary/aromatic N) is 4. The van der Waals surface area contributed by atoms with E-state index in [1.165, 1.54) is 42.4 Å². The Bertz CT molecular complexity index is 1070. The van der Waals surface area contributed by atoms with E-state index in [0.29, 0.717) is 5.69 Å². The first kappa shape index (κ1) is 27.2. The average molecular weight is 493 g/mol. The molecule has 13 heteroatoms. The second-order valence-corrected chi connectivity index (χ2v) is 8.49. The number of carbonyl (C=O) groups excluding carboxylic acids is 3. The van der Waals surface area contributed by atoms with Gasteiger partial charge in [0.05, 0.1) is 6.67 Å². The second-order valence-electron chi connectivity index (χ2n) is 8.49. The van der Waals surface area contributed by atoms with Gasteiger partial charge in [-0.2, -0.15) is 0 Å². The quantitative estimate of drug-likeness (QED) is 0.230. The summed E-state index contributed by atoms with van der Waals surface area (Å²) in [5.41, 5.74) is -0.446. The van der Waals surface area contributed by atoms with Crippen molar-refractivity contribution in [2.24, 2.45) is 0 Å². The molecular weight excluding hydrogens is 465 g/mol. The van der Waals surface area contributed by atoms with Gasteiger partial charge in [-0.25, -0.2) is 14.2 Å². The lowest BCUT2D eigenvalue weighted by Crippen LogP contribution is -2.43.